The molecule has 0 amide bonds. The van der Waals surface area contributed by atoms with Crippen molar-refractivity contribution in [1.29, 1.82) is 0 Å². The van der Waals surface area contributed by atoms with Crippen molar-refractivity contribution in [3.63, 3.8) is 0 Å². The second kappa shape index (κ2) is 17.8. The van der Waals surface area contributed by atoms with E-state index >= 15 is 0 Å². The highest BCUT2D eigenvalue weighted by Crippen LogP contribution is 2.18. The summed E-state index contributed by atoms with van der Waals surface area (Å²) in [7, 11) is 0. The van der Waals surface area contributed by atoms with Gasteiger partial charge in [-0.25, -0.2) is 0 Å². The van der Waals surface area contributed by atoms with Crippen molar-refractivity contribution >= 4 is 17.5 Å². The van der Waals surface area contributed by atoms with E-state index in [0.717, 1.165) is 11.1 Å². The molecule has 0 aliphatic carbocycles. The minimum Gasteiger partial charge on any atom is -0.389 e. The van der Waals surface area contributed by atoms with E-state index in [1.807, 2.05) is 42.1 Å². The number of hydrogen-bond donors (Lipinski definition) is 3. The van der Waals surface area contributed by atoms with Gasteiger partial charge in [0.05, 0.1) is 47.8 Å². The van der Waals surface area contributed by atoms with Crippen LogP contribution in [-0.4, -0.2) is 59.7 Å². The average Bonchev–Trinajstić information content (AvgIpc) is 3.89. The number of nitrogens with zero attached hydrogens (tertiary/aromatic N) is 10. The van der Waals surface area contributed by atoms with Crippen molar-refractivity contribution < 1.29 is 15.0 Å². The number of nitrogen functional groups attached to an aromatic ring is 1. The first kappa shape index (κ1) is 35.1. The summed E-state index contributed by atoms with van der Waals surface area (Å²) < 4.78 is 3.40. The number of nitrogens with one attached hydrogen (secondary N) is 1. The van der Waals surface area contributed by atoms with Crippen molar-refractivity contribution in [1.82, 2.24) is 44.7 Å². The van der Waals surface area contributed by atoms with Gasteiger partial charge in [0.2, 0.25) is 0 Å². The molecule has 0 fully saturated rings. The maximum atomic E-state index is 10.5. The van der Waals surface area contributed by atoms with E-state index in [-0.39, 0.29) is 29.8 Å². The third-order valence-corrected chi connectivity index (χ3v) is 6.45. The quantitative estimate of drug-likeness (QED) is 0.158. The number of nitro groups is 2. The lowest BCUT2D eigenvalue weighted by Gasteiger charge is -2.11. The molecule has 244 valence electrons. The molecule has 0 radical (unpaired) electrons. The molecule has 6 heterocycles. The number of aromatic nitrogens is 9. The fourth-order valence-corrected chi connectivity index (χ4v) is 3.79. The van der Waals surface area contributed by atoms with Gasteiger partial charge in [0.1, 0.15) is 5.82 Å². The van der Waals surface area contributed by atoms with Crippen LogP contribution < -0.4 is 5.73 Å². The van der Waals surface area contributed by atoms with Crippen LogP contribution in [0.15, 0.2) is 110 Å². The standard InChI is InChI=1S/C10H10N4O2.C10H12N4.C7H9NO.C3H3N3O2/c1-8(9-2-5-11-6-3-9)13-7-4-10(12-13)14(15)16;1-8(9-2-5-12-6-3-9)14-7-4-10(11)13-14;1-6(9)7-2-4-8-5-3-7;7-6(8)3-1-2-4-5-3/h2-8H,1H3;2-8H,1H3,(H2,11,13);2-6,9H,1H3;1-2H,(H,4,5). The smallest absolute Gasteiger partial charge is 0.389 e. The molecule has 0 spiro atoms. The summed E-state index contributed by atoms with van der Waals surface area (Å²) in [6.07, 6.45) is 14.7. The molecule has 17 heteroatoms. The Morgan fingerprint density at radius 2 is 1.15 bits per heavy atom. The maximum absolute atomic E-state index is 10.5. The van der Waals surface area contributed by atoms with E-state index < -0.39 is 9.85 Å². The van der Waals surface area contributed by atoms with E-state index in [4.69, 9.17) is 10.8 Å². The molecule has 0 aliphatic heterocycles. The van der Waals surface area contributed by atoms with E-state index in [2.05, 4.69) is 42.3 Å². The Balaban J connectivity index is 0.000000177. The lowest BCUT2D eigenvalue weighted by Crippen LogP contribution is -2.07. The number of hydrogen-bond acceptors (Lipinski definition) is 12. The van der Waals surface area contributed by atoms with Gasteiger partial charge in [-0.2, -0.15) is 9.78 Å². The number of rotatable bonds is 7. The molecule has 6 aromatic rings. The topological polar surface area (TPSA) is 236 Å². The zero-order chi connectivity index (χ0) is 34.2. The second-order valence-corrected chi connectivity index (χ2v) is 9.70. The van der Waals surface area contributed by atoms with Crippen LogP contribution in [0.3, 0.4) is 0 Å². The SMILES string of the molecule is CC(O)c1ccncc1.CC(c1ccncc1)n1ccc(N)n1.CC(c1ccncc1)n1ccc([N+](=O)[O-])n1.O=[N+]([O-])c1ccn[nH]1. The summed E-state index contributed by atoms with van der Waals surface area (Å²) in [6, 6.07) is 15.9. The Labute approximate surface area is 269 Å². The fourth-order valence-electron chi connectivity index (χ4n) is 3.79. The van der Waals surface area contributed by atoms with E-state index in [1.165, 1.54) is 23.9 Å². The molecule has 6 rings (SSSR count). The molecule has 6 aromatic heterocycles. The van der Waals surface area contributed by atoms with Gasteiger partial charge < -0.3 is 31.1 Å². The Hall–Kier alpha value is -6.36. The number of H-pyrrole nitrogens is 1. The normalized spacial score (nSPS) is 12.0. The molecule has 0 aliphatic rings. The van der Waals surface area contributed by atoms with Crippen molar-refractivity contribution in [3.8, 4) is 0 Å². The highest BCUT2D eigenvalue weighted by Gasteiger charge is 2.16. The number of aliphatic hydroxyl groups excluding tert-OH is 1. The predicted molar refractivity (Wildman–Crippen MR) is 172 cm³/mol. The monoisotopic (exact) mass is 642 g/mol. The molecule has 0 bridgehead atoms. The molecular formula is C30H34N12O5. The summed E-state index contributed by atoms with van der Waals surface area (Å²) in [5.74, 6) is 0.330. The average molecular weight is 643 g/mol. The minimum atomic E-state index is -0.535. The number of aromatic amines is 1. The van der Waals surface area contributed by atoms with Crippen LogP contribution in [0.1, 0.15) is 55.6 Å². The highest BCUT2D eigenvalue weighted by molar-refractivity contribution is 5.25. The highest BCUT2D eigenvalue weighted by atomic mass is 16.6. The molecule has 17 nitrogen and oxygen atoms in total. The number of pyridine rings is 3. The first-order valence-electron chi connectivity index (χ1n) is 14.1. The number of nitrogens with two attached hydrogens (primary N) is 1. The third-order valence-electron chi connectivity index (χ3n) is 6.45. The van der Waals surface area contributed by atoms with Crippen LogP contribution in [0.25, 0.3) is 0 Å². The number of aliphatic hydroxyl groups is 1. The Morgan fingerprint density at radius 1 is 0.681 bits per heavy atom. The summed E-state index contributed by atoms with van der Waals surface area (Å²) in [5.41, 5.74) is 8.63. The Bertz CT molecular complexity index is 1760. The lowest BCUT2D eigenvalue weighted by atomic mass is 10.1. The van der Waals surface area contributed by atoms with Gasteiger partial charge in [-0.15, -0.1) is 5.10 Å². The van der Waals surface area contributed by atoms with Gasteiger partial charge in [-0.05, 0) is 89.8 Å². The van der Waals surface area contributed by atoms with E-state index in [1.54, 1.807) is 73.2 Å². The predicted octanol–water partition coefficient (Wildman–Crippen LogP) is 4.72. The zero-order valence-electron chi connectivity index (χ0n) is 25.8. The summed E-state index contributed by atoms with van der Waals surface area (Å²) in [4.78, 5) is 31.0. The molecule has 3 atom stereocenters. The Morgan fingerprint density at radius 3 is 1.47 bits per heavy atom. The second-order valence-electron chi connectivity index (χ2n) is 9.70. The van der Waals surface area contributed by atoms with E-state index in [9.17, 15) is 20.2 Å². The molecule has 4 N–H and O–H groups in total. The zero-order valence-corrected chi connectivity index (χ0v) is 25.8. The van der Waals surface area contributed by atoms with Crippen molar-refractivity contribution in [2.45, 2.75) is 39.0 Å². The first-order valence-corrected chi connectivity index (χ1v) is 14.1. The molecule has 3 unspecified atom stereocenters. The molecule has 0 saturated carbocycles. The fraction of sp³-hybridized carbons (Fsp3) is 0.200. The van der Waals surface area contributed by atoms with Gasteiger partial charge in [-0.3, -0.25) is 19.6 Å². The van der Waals surface area contributed by atoms with Crippen molar-refractivity contribution in [2.24, 2.45) is 0 Å². The van der Waals surface area contributed by atoms with Crippen molar-refractivity contribution in [3.05, 3.63) is 147 Å². The largest absolute Gasteiger partial charge is 0.389 e. The van der Waals surface area contributed by atoms with Crippen LogP contribution in [0.4, 0.5) is 17.5 Å². The van der Waals surface area contributed by atoms with Gasteiger partial charge in [0, 0.05) is 43.4 Å². The van der Waals surface area contributed by atoms with Gasteiger partial charge >= 0.3 is 11.6 Å². The maximum Gasteiger partial charge on any atom is 0.389 e. The van der Waals surface area contributed by atoms with Gasteiger partial charge in [0.15, 0.2) is 0 Å². The lowest BCUT2D eigenvalue weighted by molar-refractivity contribution is -0.389. The minimum absolute atomic E-state index is 0.0447. The molecule has 47 heavy (non-hydrogen) atoms. The van der Waals surface area contributed by atoms with E-state index in [0.29, 0.717) is 5.82 Å². The third kappa shape index (κ3) is 11.3. The van der Waals surface area contributed by atoms with Gasteiger partial charge in [-0.1, -0.05) is 5.10 Å². The summed E-state index contributed by atoms with van der Waals surface area (Å²) in [6.45, 7) is 5.73. The van der Waals surface area contributed by atoms with Crippen LogP contribution in [0.2, 0.25) is 0 Å². The Kier molecular flexibility index (Phi) is 13.3. The molecule has 0 saturated heterocycles. The molecule has 0 aromatic carbocycles. The molecular weight excluding hydrogens is 608 g/mol. The first-order chi connectivity index (χ1) is 22.6. The van der Waals surface area contributed by atoms with Crippen LogP contribution in [0.5, 0.6) is 0 Å². The summed E-state index contributed by atoms with van der Waals surface area (Å²) in [5, 5.41) is 42.9. The summed E-state index contributed by atoms with van der Waals surface area (Å²) >= 11 is 0. The van der Waals surface area contributed by atoms with Crippen LogP contribution in [0, 0.1) is 20.2 Å². The van der Waals surface area contributed by atoms with Crippen LogP contribution in [-0.2, 0) is 0 Å². The number of anilines is 1. The van der Waals surface area contributed by atoms with Crippen LogP contribution >= 0.6 is 0 Å². The van der Waals surface area contributed by atoms with Crippen molar-refractivity contribution in [2.75, 3.05) is 5.73 Å². The van der Waals surface area contributed by atoms with Gasteiger partial charge in [0.25, 0.3) is 0 Å².